The van der Waals surface area contributed by atoms with E-state index in [0.717, 1.165) is 11.1 Å². The van der Waals surface area contributed by atoms with Crippen LogP contribution in [0.3, 0.4) is 0 Å². The van der Waals surface area contributed by atoms with Crippen molar-refractivity contribution in [1.82, 2.24) is 0 Å². The number of carbonyl (C=O) groups is 1. The van der Waals surface area contributed by atoms with Gasteiger partial charge in [-0.1, -0.05) is 42.5 Å². The van der Waals surface area contributed by atoms with E-state index in [1.54, 1.807) is 0 Å². The van der Waals surface area contributed by atoms with Gasteiger partial charge < -0.3 is 4.74 Å². The van der Waals surface area contributed by atoms with Gasteiger partial charge in [-0.2, -0.15) is 0 Å². The third-order valence-corrected chi connectivity index (χ3v) is 3.60. The molecule has 0 saturated heterocycles. The number of para-hydroxylation sites is 1. The number of ether oxygens (including phenoxy) is 1. The Bertz CT molecular complexity index is 585. The molecule has 1 aliphatic rings. The Labute approximate surface area is 119 Å². The summed E-state index contributed by atoms with van der Waals surface area (Å²) < 4.78 is 5.83. The summed E-state index contributed by atoms with van der Waals surface area (Å²) in [6, 6.07) is 17.6. The van der Waals surface area contributed by atoms with Crippen LogP contribution in [0.25, 0.3) is 0 Å². The molecule has 0 radical (unpaired) electrons. The minimum atomic E-state index is 0.205. The maximum absolute atomic E-state index is 12.2. The lowest BCUT2D eigenvalue weighted by atomic mass is 10.0. The molecule has 0 atom stereocenters. The molecule has 0 bridgehead atoms. The van der Waals surface area contributed by atoms with E-state index in [1.165, 1.54) is 12.8 Å². The van der Waals surface area contributed by atoms with Crippen LogP contribution in [0.2, 0.25) is 0 Å². The Morgan fingerprint density at radius 3 is 2.45 bits per heavy atom. The zero-order valence-electron chi connectivity index (χ0n) is 11.4. The van der Waals surface area contributed by atoms with Crippen LogP contribution in [0.5, 0.6) is 5.75 Å². The zero-order valence-corrected chi connectivity index (χ0v) is 11.4. The molecule has 2 nitrogen and oxygen atoms in total. The van der Waals surface area contributed by atoms with Crippen molar-refractivity contribution < 1.29 is 9.53 Å². The molecule has 3 rings (SSSR count). The predicted octanol–water partition coefficient (Wildman–Crippen LogP) is 4.25. The fourth-order valence-electron chi connectivity index (χ4n) is 2.25. The summed E-state index contributed by atoms with van der Waals surface area (Å²) in [4.78, 5) is 12.2. The monoisotopic (exact) mass is 266 g/mol. The summed E-state index contributed by atoms with van der Waals surface area (Å²) in [7, 11) is 0. The largest absolute Gasteiger partial charge is 0.488 e. The van der Waals surface area contributed by atoms with E-state index < -0.39 is 0 Å². The topological polar surface area (TPSA) is 26.3 Å². The Balaban J connectivity index is 1.70. The van der Waals surface area contributed by atoms with Crippen molar-refractivity contribution in [1.29, 1.82) is 0 Å². The normalized spacial score (nSPS) is 14.0. The summed E-state index contributed by atoms with van der Waals surface area (Å²) in [6.07, 6.45) is 3.04. The van der Waals surface area contributed by atoms with E-state index in [4.69, 9.17) is 4.74 Å². The van der Waals surface area contributed by atoms with Gasteiger partial charge in [-0.3, -0.25) is 4.79 Å². The molecule has 0 amide bonds. The van der Waals surface area contributed by atoms with Crippen LogP contribution in [-0.4, -0.2) is 5.78 Å². The average molecular weight is 266 g/mol. The molecule has 2 aromatic carbocycles. The van der Waals surface area contributed by atoms with Crippen LogP contribution in [0.4, 0.5) is 0 Å². The second-order valence-corrected chi connectivity index (χ2v) is 5.34. The Hall–Kier alpha value is -2.09. The number of hydrogen-bond donors (Lipinski definition) is 0. The second-order valence-electron chi connectivity index (χ2n) is 5.34. The van der Waals surface area contributed by atoms with Crippen LogP contribution in [0, 0.1) is 5.92 Å². The highest BCUT2D eigenvalue weighted by atomic mass is 16.5. The maximum Gasteiger partial charge on any atom is 0.166 e. The molecule has 0 aromatic heterocycles. The molecule has 1 fully saturated rings. The van der Waals surface area contributed by atoms with Crippen LogP contribution < -0.4 is 4.74 Å². The lowest BCUT2D eigenvalue weighted by Crippen LogP contribution is -2.05. The molecule has 1 saturated carbocycles. The average Bonchev–Trinajstić information content (AvgIpc) is 3.30. The maximum atomic E-state index is 12.2. The smallest absolute Gasteiger partial charge is 0.166 e. The van der Waals surface area contributed by atoms with Crippen molar-refractivity contribution in [2.24, 2.45) is 5.92 Å². The van der Waals surface area contributed by atoms with Gasteiger partial charge in [0.25, 0.3) is 0 Å². The Morgan fingerprint density at radius 1 is 1.00 bits per heavy atom. The number of ketones is 1. The Morgan fingerprint density at radius 2 is 1.70 bits per heavy atom. The van der Waals surface area contributed by atoms with Crippen molar-refractivity contribution in [2.75, 3.05) is 0 Å². The number of rotatable bonds is 6. The molecular weight excluding hydrogens is 248 g/mol. The number of carbonyl (C=O) groups excluding carboxylic acids is 1. The van der Waals surface area contributed by atoms with Crippen molar-refractivity contribution in [3.8, 4) is 5.75 Å². The third-order valence-electron chi connectivity index (χ3n) is 3.60. The highest BCUT2D eigenvalue weighted by molar-refractivity contribution is 5.98. The number of benzene rings is 2. The van der Waals surface area contributed by atoms with E-state index in [1.807, 2.05) is 54.6 Å². The van der Waals surface area contributed by atoms with Crippen LogP contribution in [0.15, 0.2) is 54.6 Å². The van der Waals surface area contributed by atoms with E-state index in [2.05, 4.69) is 0 Å². The molecule has 1 aliphatic carbocycles. The first-order chi connectivity index (χ1) is 9.83. The van der Waals surface area contributed by atoms with Crippen LogP contribution in [-0.2, 0) is 6.61 Å². The molecule has 0 N–H and O–H groups in total. The molecule has 0 aliphatic heterocycles. The summed E-state index contributed by atoms with van der Waals surface area (Å²) >= 11 is 0. The van der Waals surface area contributed by atoms with Crippen molar-refractivity contribution in [3.63, 3.8) is 0 Å². The van der Waals surface area contributed by atoms with Crippen molar-refractivity contribution in [2.45, 2.75) is 25.9 Å². The molecule has 2 aromatic rings. The number of Topliss-reactive ketones (excluding diaryl/α,β-unsaturated/α-hetero) is 1. The predicted molar refractivity (Wildman–Crippen MR) is 78.9 cm³/mol. The summed E-state index contributed by atoms with van der Waals surface area (Å²) in [5.74, 6) is 1.50. The van der Waals surface area contributed by atoms with Gasteiger partial charge in [-0.15, -0.1) is 0 Å². The quantitative estimate of drug-likeness (QED) is 0.731. The SMILES string of the molecule is O=C(CC1CC1)c1ccccc1OCc1ccccc1. The molecule has 0 unspecified atom stereocenters. The summed E-state index contributed by atoms with van der Waals surface area (Å²) in [6.45, 7) is 0.495. The van der Waals surface area contributed by atoms with Crippen LogP contribution >= 0.6 is 0 Å². The second kappa shape index (κ2) is 5.91. The summed E-state index contributed by atoms with van der Waals surface area (Å²) in [5.41, 5.74) is 1.83. The third kappa shape index (κ3) is 3.27. The van der Waals surface area contributed by atoms with Crippen LogP contribution in [0.1, 0.15) is 35.2 Å². The van der Waals surface area contributed by atoms with Gasteiger partial charge in [-0.25, -0.2) is 0 Å². The van der Waals surface area contributed by atoms with Gasteiger partial charge in [0.05, 0.1) is 5.56 Å². The highest BCUT2D eigenvalue weighted by Crippen LogP contribution is 2.34. The van der Waals surface area contributed by atoms with E-state index in [0.29, 0.717) is 24.7 Å². The lowest BCUT2D eigenvalue weighted by Gasteiger charge is -2.10. The summed E-state index contributed by atoms with van der Waals surface area (Å²) in [5, 5.41) is 0. The van der Waals surface area contributed by atoms with Gasteiger partial charge >= 0.3 is 0 Å². The molecule has 0 spiro atoms. The lowest BCUT2D eigenvalue weighted by molar-refractivity contribution is 0.0971. The molecule has 2 heteroatoms. The number of hydrogen-bond acceptors (Lipinski definition) is 2. The fourth-order valence-corrected chi connectivity index (χ4v) is 2.25. The minimum Gasteiger partial charge on any atom is -0.488 e. The first kappa shape index (κ1) is 12.9. The van der Waals surface area contributed by atoms with Crippen molar-refractivity contribution in [3.05, 3.63) is 65.7 Å². The molecular formula is C18H18O2. The van der Waals surface area contributed by atoms with E-state index in [9.17, 15) is 4.79 Å². The van der Waals surface area contributed by atoms with E-state index in [-0.39, 0.29) is 5.78 Å². The minimum absolute atomic E-state index is 0.205. The fraction of sp³-hybridized carbons (Fsp3) is 0.278. The molecule has 102 valence electrons. The van der Waals surface area contributed by atoms with Crippen molar-refractivity contribution >= 4 is 5.78 Å². The first-order valence-corrected chi connectivity index (χ1v) is 7.12. The standard InChI is InChI=1S/C18H18O2/c19-17(12-14-10-11-14)16-8-4-5-9-18(16)20-13-15-6-2-1-3-7-15/h1-9,14H,10-13H2. The first-order valence-electron chi connectivity index (χ1n) is 7.12. The molecule has 0 heterocycles. The zero-order chi connectivity index (χ0) is 13.8. The Kier molecular flexibility index (Phi) is 3.82. The van der Waals surface area contributed by atoms with Gasteiger partial charge in [-0.05, 0) is 36.5 Å². The highest BCUT2D eigenvalue weighted by Gasteiger charge is 2.26. The van der Waals surface area contributed by atoms with Gasteiger partial charge in [0, 0.05) is 6.42 Å². The van der Waals surface area contributed by atoms with Gasteiger partial charge in [0.1, 0.15) is 12.4 Å². The van der Waals surface area contributed by atoms with E-state index >= 15 is 0 Å². The molecule has 20 heavy (non-hydrogen) atoms. The van der Waals surface area contributed by atoms with Gasteiger partial charge in [0.2, 0.25) is 0 Å². The van der Waals surface area contributed by atoms with Gasteiger partial charge in [0.15, 0.2) is 5.78 Å².